The Kier molecular flexibility index (Phi) is 5.79. The summed E-state index contributed by atoms with van der Waals surface area (Å²) in [6, 6.07) is 18.0. The van der Waals surface area contributed by atoms with Crippen molar-refractivity contribution in [3.05, 3.63) is 82.9 Å². The molecule has 2 heterocycles. The summed E-state index contributed by atoms with van der Waals surface area (Å²) < 4.78 is 5.62. The second-order valence-electron chi connectivity index (χ2n) is 7.78. The van der Waals surface area contributed by atoms with E-state index < -0.39 is 0 Å². The van der Waals surface area contributed by atoms with Gasteiger partial charge >= 0.3 is 0 Å². The van der Waals surface area contributed by atoms with Gasteiger partial charge in [-0.05, 0) is 30.5 Å². The summed E-state index contributed by atoms with van der Waals surface area (Å²) >= 11 is 6.03. The zero-order valence-corrected chi connectivity index (χ0v) is 19.1. The second kappa shape index (κ2) is 9.03. The molecule has 33 heavy (non-hydrogen) atoms. The number of halogens is 1. The van der Waals surface area contributed by atoms with Crippen molar-refractivity contribution in [2.24, 2.45) is 0 Å². The molecule has 2 N–H and O–H groups in total. The van der Waals surface area contributed by atoms with Gasteiger partial charge in [0.2, 0.25) is 5.95 Å². The quantitative estimate of drug-likeness (QED) is 0.371. The maximum Gasteiger partial charge on any atom is 0.229 e. The molecule has 2 aromatic heterocycles. The fourth-order valence-corrected chi connectivity index (χ4v) is 4.47. The summed E-state index contributed by atoms with van der Waals surface area (Å²) in [6.45, 7) is 0. The highest BCUT2D eigenvalue weighted by Gasteiger charge is 2.29. The lowest BCUT2D eigenvalue weighted by Gasteiger charge is -2.15. The number of aromatic nitrogens is 4. The van der Waals surface area contributed by atoms with Crippen molar-refractivity contribution in [1.29, 1.82) is 0 Å². The number of rotatable bonds is 6. The number of fused-ring (bicyclic) bond motifs is 1. The third-order valence-corrected chi connectivity index (χ3v) is 6.06. The Balaban J connectivity index is 1.49. The predicted octanol–water partition coefficient (Wildman–Crippen LogP) is 5.46. The van der Waals surface area contributed by atoms with E-state index in [2.05, 4.69) is 44.9 Å². The number of ether oxygens (including phenoxy) is 1. The topological polar surface area (TPSA) is 84.9 Å². The molecule has 1 atom stereocenters. The molecule has 0 aliphatic heterocycles. The van der Waals surface area contributed by atoms with Crippen LogP contribution in [0.1, 0.15) is 29.2 Å². The van der Waals surface area contributed by atoms with E-state index in [0.717, 1.165) is 35.6 Å². The van der Waals surface area contributed by atoms with Crippen molar-refractivity contribution in [3.8, 4) is 17.0 Å². The van der Waals surface area contributed by atoms with E-state index in [1.54, 1.807) is 13.2 Å². The van der Waals surface area contributed by atoms with Crippen molar-refractivity contribution in [2.45, 2.75) is 18.8 Å². The fraction of sp³-hybridized carbons (Fsp3) is 0.200. The highest BCUT2D eigenvalue weighted by atomic mass is 35.5. The number of anilines is 3. The number of nitrogens with one attached hydrogen (secondary N) is 2. The Hall–Kier alpha value is -3.71. The van der Waals surface area contributed by atoms with Crippen LogP contribution in [-0.4, -0.2) is 34.1 Å². The largest absolute Gasteiger partial charge is 0.496 e. The van der Waals surface area contributed by atoms with Crippen molar-refractivity contribution >= 4 is 29.1 Å². The molecule has 0 fully saturated rings. The Labute approximate surface area is 197 Å². The third-order valence-electron chi connectivity index (χ3n) is 5.86. The molecule has 0 bridgehead atoms. The molecule has 5 rings (SSSR count). The SMILES string of the molecule is CNc1nc(Nc2ccc(-c3cc(Cl)ncn3)c(OC)c2)nc2c1CCC2c1ccccc1. The molecule has 0 saturated heterocycles. The monoisotopic (exact) mass is 458 g/mol. The molecule has 7 nitrogen and oxygen atoms in total. The van der Waals surface area contributed by atoms with E-state index in [1.807, 2.05) is 31.3 Å². The molecule has 0 radical (unpaired) electrons. The number of hydrogen-bond acceptors (Lipinski definition) is 7. The normalized spacial score (nSPS) is 14.6. The van der Waals surface area contributed by atoms with Crippen LogP contribution >= 0.6 is 11.6 Å². The van der Waals surface area contributed by atoms with Crippen LogP contribution in [0, 0.1) is 0 Å². The highest BCUT2D eigenvalue weighted by Crippen LogP contribution is 2.40. The summed E-state index contributed by atoms with van der Waals surface area (Å²) in [5, 5.41) is 6.96. The summed E-state index contributed by atoms with van der Waals surface area (Å²) in [5.74, 6) is 2.32. The molecule has 166 valence electrons. The number of benzene rings is 2. The average Bonchev–Trinajstić information content (AvgIpc) is 3.28. The van der Waals surface area contributed by atoms with Gasteiger partial charge in [0.1, 0.15) is 23.0 Å². The maximum atomic E-state index is 6.03. The molecule has 1 aliphatic carbocycles. The molecule has 1 aliphatic rings. The van der Waals surface area contributed by atoms with Gasteiger partial charge in [-0.15, -0.1) is 0 Å². The number of methoxy groups -OCH3 is 1. The van der Waals surface area contributed by atoms with Gasteiger partial charge in [0.15, 0.2) is 0 Å². The summed E-state index contributed by atoms with van der Waals surface area (Å²) in [7, 11) is 3.52. The first kappa shape index (κ1) is 21.2. The molecule has 8 heteroatoms. The van der Waals surface area contributed by atoms with Gasteiger partial charge in [0.05, 0.1) is 18.5 Å². The van der Waals surface area contributed by atoms with E-state index in [4.69, 9.17) is 26.3 Å². The van der Waals surface area contributed by atoms with E-state index in [1.165, 1.54) is 17.5 Å². The molecule has 0 spiro atoms. The fourth-order valence-electron chi connectivity index (χ4n) is 4.32. The first-order chi connectivity index (χ1) is 16.2. The maximum absolute atomic E-state index is 6.03. The number of hydrogen-bond donors (Lipinski definition) is 2. The van der Waals surface area contributed by atoms with Crippen molar-refractivity contribution < 1.29 is 4.74 Å². The molecular formula is C25H23ClN6O. The first-order valence-corrected chi connectivity index (χ1v) is 11.1. The lowest BCUT2D eigenvalue weighted by Crippen LogP contribution is -2.08. The van der Waals surface area contributed by atoms with E-state index in [9.17, 15) is 0 Å². The Bertz CT molecular complexity index is 1300. The van der Waals surface area contributed by atoms with Crippen LogP contribution in [-0.2, 0) is 6.42 Å². The van der Waals surface area contributed by atoms with Crippen molar-refractivity contribution in [2.75, 3.05) is 24.8 Å². The molecule has 0 amide bonds. The summed E-state index contributed by atoms with van der Waals surface area (Å²) in [5.41, 5.74) is 5.86. The Morgan fingerprint density at radius 1 is 1.03 bits per heavy atom. The molecule has 1 unspecified atom stereocenters. The zero-order valence-electron chi connectivity index (χ0n) is 18.3. The molecular weight excluding hydrogens is 436 g/mol. The molecule has 4 aromatic rings. The van der Waals surface area contributed by atoms with Crippen LogP contribution in [0.4, 0.5) is 17.5 Å². The Morgan fingerprint density at radius 2 is 1.88 bits per heavy atom. The van der Waals surface area contributed by atoms with Crippen LogP contribution in [0.15, 0.2) is 60.9 Å². The van der Waals surface area contributed by atoms with Crippen LogP contribution in [0.5, 0.6) is 5.75 Å². The zero-order chi connectivity index (χ0) is 22.8. The van der Waals surface area contributed by atoms with Crippen LogP contribution in [0.2, 0.25) is 5.15 Å². The van der Waals surface area contributed by atoms with Gasteiger partial charge in [-0.3, -0.25) is 0 Å². The minimum absolute atomic E-state index is 0.260. The van der Waals surface area contributed by atoms with Gasteiger partial charge < -0.3 is 15.4 Å². The van der Waals surface area contributed by atoms with Gasteiger partial charge in [-0.2, -0.15) is 4.98 Å². The summed E-state index contributed by atoms with van der Waals surface area (Å²) in [6.07, 6.45) is 3.41. The number of nitrogens with zero attached hydrogens (tertiary/aromatic N) is 4. The van der Waals surface area contributed by atoms with Gasteiger partial charge in [-0.25, -0.2) is 15.0 Å². The standard InChI is InChI=1S/C25H23ClN6O/c1-27-24-19-11-10-17(15-6-4-3-5-7-15)23(19)31-25(32-24)30-16-8-9-18(21(12-16)33-2)20-13-22(26)29-14-28-20/h3-9,12-14,17H,10-11H2,1-2H3,(H2,27,30,31,32). The molecule has 0 saturated carbocycles. The van der Waals surface area contributed by atoms with Gasteiger partial charge in [0.25, 0.3) is 0 Å². The molecule has 2 aromatic carbocycles. The highest BCUT2D eigenvalue weighted by molar-refractivity contribution is 6.29. The minimum Gasteiger partial charge on any atom is -0.496 e. The summed E-state index contributed by atoms with van der Waals surface area (Å²) in [4.78, 5) is 17.9. The van der Waals surface area contributed by atoms with Crippen molar-refractivity contribution in [1.82, 2.24) is 19.9 Å². The van der Waals surface area contributed by atoms with E-state index in [-0.39, 0.29) is 5.92 Å². The minimum atomic E-state index is 0.260. The van der Waals surface area contributed by atoms with Crippen LogP contribution in [0.3, 0.4) is 0 Å². The lowest BCUT2D eigenvalue weighted by atomic mass is 9.97. The smallest absolute Gasteiger partial charge is 0.229 e. The third kappa shape index (κ3) is 4.19. The first-order valence-electron chi connectivity index (χ1n) is 10.7. The van der Waals surface area contributed by atoms with Crippen LogP contribution in [0.25, 0.3) is 11.3 Å². The second-order valence-corrected chi connectivity index (χ2v) is 8.16. The van der Waals surface area contributed by atoms with Gasteiger partial charge in [0, 0.05) is 41.9 Å². The lowest BCUT2D eigenvalue weighted by molar-refractivity contribution is 0.416. The van der Waals surface area contributed by atoms with E-state index in [0.29, 0.717) is 22.5 Å². The average molecular weight is 459 g/mol. The van der Waals surface area contributed by atoms with Crippen LogP contribution < -0.4 is 15.4 Å². The van der Waals surface area contributed by atoms with Gasteiger partial charge in [-0.1, -0.05) is 41.9 Å². The predicted molar refractivity (Wildman–Crippen MR) is 130 cm³/mol. The Morgan fingerprint density at radius 3 is 2.64 bits per heavy atom. The van der Waals surface area contributed by atoms with E-state index >= 15 is 0 Å². The van der Waals surface area contributed by atoms with Crippen molar-refractivity contribution in [3.63, 3.8) is 0 Å².